The summed E-state index contributed by atoms with van der Waals surface area (Å²) in [6.45, 7) is 3.25. The van der Waals surface area contributed by atoms with Crippen LogP contribution in [0.2, 0.25) is 0 Å². The Labute approximate surface area is 123 Å². The molecule has 21 heavy (non-hydrogen) atoms. The summed E-state index contributed by atoms with van der Waals surface area (Å²) in [6.07, 6.45) is -4.69. The fourth-order valence-electron chi connectivity index (χ4n) is 2.19. The Bertz CT molecular complexity index is 424. The zero-order valence-electron chi connectivity index (χ0n) is 12.4. The van der Waals surface area contributed by atoms with Gasteiger partial charge in [0.25, 0.3) is 0 Å². The number of para-hydroxylation sites is 1. The molecule has 1 unspecified atom stereocenters. The van der Waals surface area contributed by atoms with Gasteiger partial charge in [0.2, 0.25) is 0 Å². The lowest BCUT2D eigenvalue weighted by molar-refractivity contribution is -0.148. The van der Waals surface area contributed by atoms with Gasteiger partial charge in [-0.2, -0.15) is 13.2 Å². The van der Waals surface area contributed by atoms with Crippen molar-refractivity contribution in [1.29, 1.82) is 0 Å². The largest absolute Gasteiger partial charge is 0.493 e. The van der Waals surface area contributed by atoms with E-state index in [1.165, 1.54) is 4.90 Å². The van der Waals surface area contributed by atoms with Crippen molar-refractivity contribution in [3.8, 4) is 5.75 Å². The van der Waals surface area contributed by atoms with Crippen LogP contribution >= 0.6 is 0 Å². The fraction of sp³-hybridized carbons (Fsp3) is 0.600. The van der Waals surface area contributed by atoms with E-state index in [1.807, 2.05) is 13.8 Å². The number of ether oxygens (including phenoxy) is 1. The smallest absolute Gasteiger partial charge is 0.401 e. The van der Waals surface area contributed by atoms with Crippen molar-refractivity contribution in [3.63, 3.8) is 0 Å². The van der Waals surface area contributed by atoms with E-state index in [4.69, 9.17) is 4.74 Å². The number of benzene rings is 1. The summed E-state index contributed by atoms with van der Waals surface area (Å²) in [5.41, 5.74) is 0.516. The number of hydrogen-bond donors (Lipinski definition) is 1. The van der Waals surface area contributed by atoms with Crippen molar-refractivity contribution in [2.75, 3.05) is 26.2 Å². The van der Waals surface area contributed by atoms with Crippen LogP contribution in [0.25, 0.3) is 0 Å². The number of hydrogen-bond acceptors (Lipinski definition) is 3. The average molecular weight is 305 g/mol. The van der Waals surface area contributed by atoms with Crippen LogP contribution in [0.3, 0.4) is 0 Å². The van der Waals surface area contributed by atoms with Crippen molar-refractivity contribution in [2.24, 2.45) is 0 Å². The molecular weight excluding hydrogens is 283 g/mol. The van der Waals surface area contributed by atoms with Gasteiger partial charge in [-0.3, -0.25) is 4.90 Å². The molecule has 1 atom stereocenters. The van der Waals surface area contributed by atoms with Gasteiger partial charge in [-0.15, -0.1) is 0 Å². The van der Waals surface area contributed by atoms with E-state index < -0.39 is 18.8 Å². The van der Waals surface area contributed by atoms with Gasteiger partial charge >= 0.3 is 6.18 Å². The predicted octanol–water partition coefficient (Wildman–Crippen LogP) is 3.39. The molecule has 1 rings (SSSR count). The molecule has 0 radical (unpaired) electrons. The van der Waals surface area contributed by atoms with E-state index in [-0.39, 0.29) is 13.1 Å². The van der Waals surface area contributed by atoms with Gasteiger partial charge in [-0.1, -0.05) is 25.1 Å². The van der Waals surface area contributed by atoms with Gasteiger partial charge in [-0.05, 0) is 26.0 Å². The highest BCUT2D eigenvalue weighted by atomic mass is 19.4. The molecule has 0 aromatic heterocycles. The Balaban J connectivity index is 2.79. The fourth-order valence-corrected chi connectivity index (χ4v) is 2.19. The first-order chi connectivity index (χ1) is 9.87. The summed E-state index contributed by atoms with van der Waals surface area (Å²) in [6, 6.07) is 6.87. The van der Waals surface area contributed by atoms with Crippen LogP contribution in [0.4, 0.5) is 13.2 Å². The number of rotatable bonds is 8. The molecule has 0 saturated heterocycles. The topological polar surface area (TPSA) is 32.7 Å². The van der Waals surface area contributed by atoms with Crippen molar-refractivity contribution in [1.82, 2.24) is 4.90 Å². The Hall–Kier alpha value is -1.27. The van der Waals surface area contributed by atoms with E-state index in [0.29, 0.717) is 24.3 Å². The molecule has 0 amide bonds. The highest BCUT2D eigenvalue weighted by Gasteiger charge is 2.31. The zero-order valence-corrected chi connectivity index (χ0v) is 12.4. The third kappa shape index (κ3) is 6.35. The maximum absolute atomic E-state index is 12.5. The van der Waals surface area contributed by atoms with Crippen molar-refractivity contribution >= 4 is 0 Å². The summed E-state index contributed by atoms with van der Waals surface area (Å²) in [5.74, 6) is 0.510. The Morgan fingerprint density at radius 2 is 1.90 bits per heavy atom. The summed E-state index contributed by atoms with van der Waals surface area (Å²) >= 11 is 0. The summed E-state index contributed by atoms with van der Waals surface area (Å²) in [7, 11) is 0. The second-order valence-corrected chi connectivity index (χ2v) is 4.84. The third-order valence-electron chi connectivity index (χ3n) is 2.95. The molecule has 0 heterocycles. The monoisotopic (exact) mass is 305 g/mol. The molecule has 120 valence electrons. The number of alkyl halides is 3. The molecular formula is C15H22F3NO2. The molecule has 0 fully saturated rings. The minimum atomic E-state index is -4.27. The minimum absolute atomic E-state index is 0.0720. The first-order valence-corrected chi connectivity index (χ1v) is 7.06. The van der Waals surface area contributed by atoms with Gasteiger partial charge in [-0.25, -0.2) is 0 Å². The highest BCUT2D eigenvalue weighted by molar-refractivity contribution is 5.35. The Morgan fingerprint density at radius 1 is 1.24 bits per heavy atom. The molecule has 1 N–H and O–H groups in total. The van der Waals surface area contributed by atoms with Crippen molar-refractivity contribution in [3.05, 3.63) is 29.8 Å². The van der Waals surface area contributed by atoms with E-state index in [1.54, 1.807) is 24.3 Å². The first-order valence-electron chi connectivity index (χ1n) is 7.06. The number of aliphatic hydroxyl groups is 1. The highest BCUT2D eigenvalue weighted by Crippen LogP contribution is 2.27. The van der Waals surface area contributed by atoms with Gasteiger partial charge < -0.3 is 9.84 Å². The lowest BCUT2D eigenvalue weighted by Gasteiger charge is -2.26. The van der Waals surface area contributed by atoms with Crippen LogP contribution in [-0.2, 0) is 0 Å². The second kappa shape index (κ2) is 8.24. The minimum Gasteiger partial charge on any atom is -0.493 e. The van der Waals surface area contributed by atoms with Crippen LogP contribution in [-0.4, -0.2) is 42.4 Å². The standard InChI is InChI=1S/C15H22F3NO2/c1-3-9-19(11-15(16,17)18)10-13(20)12-7-5-6-8-14(12)21-4-2/h5-8,13,20H,3-4,9-11H2,1-2H3. The van der Waals surface area contributed by atoms with E-state index >= 15 is 0 Å². The van der Waals surface area contributed by atoms with Crippen LogP contribution < -0.4 is 4.74 Å². The molecule has 0 aliphatic heterocycles. The van der Waals surface area contributed by atoms with Gasteiger partial charge in [0.05, 0.1) is 19.3 Å². The molecule has 1 aromatic carbocycles. The van der Waals surface area contributed by atoms with Crippen LogP contribution in [0, 0.1) is 0 Å². The molecule has 0 bridgehead atoms. The predicted molar refractivity (Wildman–Crippen MR) is 75.4 cm³/mol. The second-order valence-electron chi connectivity index (χ2n) is 4.84. The quantitative estimate of drug-likeness (QED) is 0.799. The SMILES string of the molecule is CCCN(CC(O)c1ccccc1OCC)CC(F)(F)F. The lowest BCUT2D eigenvalue weighted by Crippen LogP contribution is -2.37. The van der Waals surface area contributed by atoms with Gasteiger partial charge in [0, 0.05) is 12.1 Å². The molecule has 0 aliphatic rings. The van der Waals surface area contributed by atoms with Crippen LogP contribution in [0.15, 0.2) is 24.3 Å². The maximum atomic E-state index is 12.5. The molecule has 0 saturated carbocycles. The van der Waals surface area contributed by atoms with Crippen molar-refractivity contribution in [2.45, 2.75) is 32.5 Å². The maximum Gasteiger partial charge on any atom is 0.401 e. The first kappa shape index (κ1) is 17.8. The van der Waals surface area contributed by atoms with Gasteiger partial charge in [0.15, 0.2) is 0 Å². The van der Waals surface area contributed by atoms with E-state index in [2.05, 4.69) is 0 Å². The summed E-state index contributed by atoms with van der Waals surface area (Å²) < 4.78 is 43.0. The number of nitrogens with zero attached hydrogens (tertiary/aromatic N) is 1. The normalized spacial score (nSPS) is 13.5. The van der Waals surface area contributed by atoms with Crippen molar-refractivity contribution < 1.29 is 23.0 Å². The summed E-state index contributed by atoms with van der Waals surface area (Å²) in [5, 5.41) is 10.2. The Morgan fingerprint density at radius 3 is 2.48 bits per heavy atom. The molecule has 6 heteroatoms. The van der Waals surface area contributed by atoms with Crippen LogP contribution in [0.1, 0.15) is 31.9 Å². The van der Waals surface area contributed by atoms with Gasteiger partial charge in [0.1, 0.15) is 5.75 Å². The van der Waals surface area contributed by atoms with E-state index in [0.717, 1.165) is 0 Å². The van der Waals surface area contributed by atoms with Crippen LogP contribution in [0.5, 0.6) is 5.75 Å². The van der Waals surface area contributed by atoms with E-state index in [9.17, 15) is 18.3 Å². The molecule has 3 nitrogen and oxygen atoms in total. The summed E-state index contributed by atoms with van der Waals surface area (Å²) in [4.78, 5) is 1.22. The average Bonchev–Trinajstić information content (AvgIpc) is 2.38. The Kier molecular flexibility index (Phi) is 6.98. The molecule has 1 aromatic rings. The molecule has 0 spiro atoms. The number of aliphatic hydroxyl groups excluding tert-OH is 1. The number of halogens is 3. The molecule has 0 aliphatic carbocycles. The third-order valence-corrected chi connectivity index (χ3v) is 2.95. The lowest BCUT2D eigenvalue weighted by atomic mass is 10.1. The zero-order chi connectivity index (χ0) is 15.9.